The van der Waals surface area contributed by atoms with Crippen LogP contribution in [-0.2, 0) is 4.79 Å². The second-order valence-corrected chi connectivity index (χ2v) is 8.47. The Bertz CT molecular complexity index is 399. The van der Waals surface area contributed by atoms with E-state index in [1.807, 2.05) is 0 Å². The Morgan fingerprint density at radius 1 is 0.895 bits per heavy atom. The molecular formula is C18H30O. The molecule has 1 nitrogen and oxygen atoms in total. The van der Waals surface area contributed by atoms with Crippen LogP contribution in [0, 0.1) is 22.2 Å². The van der Waals surface area contributed by atoms with Crippen LogP contribution in [0.4, 0.5) is 0 Å². The molecule has 0 aromatic rings. The highest BCUT2D eigenvalue weighted by molar-refractivity contribution is 6.10. The average Bonchev–Trinajstić information content (AvgIpc) is 2.17. The summed E-state index contributed by atoms with van der Waals surface area (Å²) in [7, 11) is 0. The lowest BCUT2D eigenvalue weighted by Gasteiger charge is -2.39. The van der Waals surface area contributed by atoms with E-state index in [1.54, 1.807) is 0 Å². The Balaban J connectivity index is 3.48. The zero-order valence-electron chi connectivity index (χ0n) is 14.1. The van der Waals surface area contributed by atoms with Crippen LogP contribution in [-0.4, -0.2) is 5.78 Å². The lowest BCUT2D eigenvalue weighted by molar-refractivity contribution is -0.114. The third-order valence-corrected chi connectivity index (χ3v) is 4.26. The van der Waals surface area contributed by atoms with Gasteiger partial charge in [-0.05, 0) is 16.7 Å². The molecule has 0 aromatic carbocycles. The van der Waals surface area contributed by atoms with Crippen LogP contribution in [0.25, 0.3) is 0 Å². The molecule has 1 aliphatic carbocycles. The van der Waals surface area contributed by atoms with E-state index >= 15 is 0 Å². The molecule has 1 heteroatoms. The third kappa shape index (κ3) is 3.19. The van der Waals surface area contributed by atoms with Gasteiger partial charge in [0.25, 0.3) is 0 Å². The number of carbonyl (C=O) groups is 1. The van der Waals surface area contributed by atoms with E-state index in [9.17, 15) is 4.79 Å². The number of hydrogen-bond donors (Lipinski definition) is 0. The van der Waals surface area contributed by atoms with E-state index in [-0.39, 0.29) is 22.0 Å². The Hall–Kier alpha value is -0.850. The van der Waals surface area contributed by atoms with Crippen LogP contribution in [0.5, 0.6) is 0 Å². The summed E-state index contributed by atoms with van der Waals surface area (Å²) in [6.07, 6.45) is 4.41. The van der Waals surface area contributed by atoms with Crippen molar-refractivity contribution in [1.82, 2.24) is 0 Å². The first-order chi connectivity index (χ1) is 8.29. The standard InChI is InChI=1S/C18H30O/c1-12(2)18(9)10-13(16(3,4)5)15(19)14(11-18)17(6,7)8/h10-12H,1-9H3. The lowest BCUT2D eigenvalue weighted by Crippen LogP contribution is -2.34. The summed E-state index contributed by atoms with van der Waals surface area (Å²) in [6, 6.07) is 0. The summed E-state index contributed by atoms with van der Waals surface area (Å²) in [5.74, 6) is 0.716. The highest BCUT2D eigenvalue weighted by atomic mass is 16.1. The zero-order valence-corrected chi connectivity index (χ0v) is 14.1. The molecule has 1 aliphatic rings. The molecule has 0 aromatic heterocycles. The highest BCUT2D eigenvalue weighted by Crippen LogP contribution is 2.45. The zero-order chi connectivity index (χ0) is 15.2. The van der Waals surface area contributed by atoms with E-state index in [0.29, 0.717) is 5.92 Å². The quantitative estimate of drug-likeness (QED) is 0.636. The average molecular weight is 262 g/mol. The summed E-state index contributed by atoms with van der Waals surface area (Å²) in [5.41, 5.74) is 1.71. The number of Topliss-reactive ketones (excluding diaryl/α,β-unsaturated/α-hetero) is 1. The van der Waals surface area contributed by atoms with Gasteiger partial charge in [0.15, 0.2) is 5.78 Å². The minimum absolute atomic E-state index is 0.0286. The van der Waals surface area contributed by atoms with Gasteiger partial charge in [-0.1, -0.05) is 74.5 Å². The topological polar surface area (TPSA) is 17.1 Å². The number of carbonyl (C=O) groups excluding carboxylic acids is 1. The molecule has 0 saturated heterocycles. The lowest BCUT2D eigenvalue weighted by atomic mass is 9.64. The summed E-state index contributed by atoms with van der Waals surface area (Å²) in [4.78, 5) is 12.8. The largest absolute Gasteiger partial charge is 0.289 e. The third-order valence-electron chi connectivity index (χ3n) is 4.26. The van der Waals surface area contributed by atoms with E-state index in [2.05, 4.69) is 74.5 Å². The fourth-order valence-electron chi connectivity index (χ4n) is 2.39. The first-order valence-electron chi connectivity index (χ1n) is 7.30. The van der Waals surface area contributed by atoms with Crippen LogP contribution < -0.4 is 0 Å². The van der Waals surface area contributed by atoms with Crippen LogP contribution in [0.3, 0.4) is 0 Å². The van der Waals surface area contributed by atoms with E-state index < -0.39 is 0 Å². The van der Waals surface area contributed by atoms with Gasteiger partial charge in [-0.3, -0.25) is 4.79 Å². The van der Waals surface area contributed by atoms with Crippen molar-refractivity contribution in [3.63, 3.8) is 0 Å². The maximum atomic E-state index is 12.8. The number of ketones is 1. The van der Waals surface area contributed by atoms with Gasteiger partial charge in [-0.25, -0.2) is 0 Å². The van der Waals surface area contributed by atoms with Crippen LogP contribution >= 0.6 is 0 Å². The van der Waals surface area contributed by atoms with Crippen molar-refractivity contribution in [3.8, 4) is 0 Å². The first kappa shape index (κ1) is 16.2. The summed E-state index contributed by atoms with van der Waals surface area (Å²) >= 11 is 0. The van der Waals surface area contributed by atoms with Crippen LogP contribution in [0.2, 0.25) is 0 Å². The molecule has 0 saturated carbocycles. The molecule has 0 amide bonds. The molecule has 0 unspecified atom stereocenters. The monoisotopic (exact) mass is 262 g/mol. The van der Waals surface area contributed by atoms with Gasteiger partial charge in [0, 0.05) is 16.6 Å². The number of hydrogen-bond acceptors (Lipinski definition) is 1. The van der Waals surface area contributed by atoms with Crippen molar-refractivity contribution in [3.05, 3.63) is 23.3 Å². The van der Waals surface area contributed by atoms with Crippen molar-refractivity contribution in [2.45, 2.75) is 62.3 Å². The second-order valence-electron chi connectivity index (χ2n) is 8.47. The first-order valence-corrected chi connectivity index (χ1v) is 7.30. The molecule has 0 bridgehead atoms. The minimum atomic E-state index is -0.0992. The molecule has 0 atom stereocenters. The molecule has 0 N–H and O–H groups in total. The number of allylic oxidation sites excluding steroid dienone is 4. The van der Waals surface area contributed by atoms with Crippen molar-refractivity contribution in [2.75, 3.05) is 0 Å². The molecule has 0 fully saturated rings. The summed E-state index contributed by atoms with van der Waals surface area (Å²) in [6.45, 7) is 19.5. The molecule has 0 heterocycles. The van der Waals surface area contributed by atoms with Gasteiger partial charge < -0.3 is 0 Å². The van der Waals surface area contributed by atoms with Crippen molar-refractivity contribution in [1.29, 1.82) is 0 Å². The van der Waals surface area contributed by atoms with Gasteiger partial charge in [-0.2, -0.15) is 0 Å². The molecular weight excluding hydrogens is 232 g/mol. The molecule has 19 heavy (non-hydrogen) atoms. The predicted octanol–water partition coefficient (Wildman–Crippen LogP) is 5.18. The van der Waals surface area contributed by atoms with E-state index in [4.69, 9.17) is 0 Å². The van der Waals surface area contributed by atoms with Gasteiger partial charge in [0.2, 0.25) is 0 Å². The molecule has 0 aliphatic heterocycles. The smallest absolute Gasteiger partial charge is 0.185 e. The fraction of sp³-hybridized carbons (Fsp3) is 0.722. The summed E-state index contributed by atoms with van der Waals surface area (Å²) < 4.78 is 0. The highest BCUT2D eigenvalue weighted by Gasteiger charge is 2.39. The van der Waals surface area contributed by atoms with Gasteiger partial charge >= 0.3 is 0 Å². The maximum Gasteiger partial charge on any atom is 0.185 e. The molecule has 0 spiro atoms. The molecule has 1 rings (SSSR count). The Labute approximate surface area is 119 Å². The normalized spacial score (nSPS) is 20.4. The Morgan fingerprint density at radius 3 is 1.42 bits per heavy atom. The maximum absolute atomic E-state index is 12.8. The van der Waals surface area contributed by atoms with Crippen LogP contribution in [0.15, 0.2) is 23.3 Å². The number of rotatable bonds is 1. The molecule has 108 valence electrons. The van der Waals surface area contributed by atoms with Crippen LogP contribution in [0.1, 0.15) is 62.3 Å². The minimum Gasteiger partial charge on any atom is -0.289 e. The Kier molecular flexibility index (Phi) is 3.93. The second kappa shape index (κ2) is 4.61. The van der Waals surface area contributed by atoms with Crippen molar-refractivity contribution in [2.24, 2.45) is 22.2 Å². The van der Waals surface area contributed by atoms with Crippen molar-refractivity contribution >= 4 is 5.78 Å². The van der Waals surface area contributed by atoms with Crippen molar-refractivity contribution < 1.29 is 4.79 Å². The predicted molar refractivity (Wildman–Crippen MR) is 83.0 cm³/mol. The summed E-state index contributed by atoms with van der Waals surface area (Å²) in [5, 5.41) is 0. The van der Waals surface area contributed by atoms with Gasteiger partial charge in [0.1, 0.15) is 0 Å². The fourth-order valence-corrected chi connectivity index (χ4v) is 2.39. The van der Waals surface area contributed by atoms with E-state index in [1.165, 1.54) is 0 Å². The van der Waals surface area contributed by atoms with Gasteiger partial charge in [0.05, 0.1) is 0 Å². The SMILES string of the molecule is CC(C)C1(C)C=C(C(C)(C)C)C(=O)C(C(C)(C)C)=C1. The van der Waals surface area contributed by atoms with Gasteiger partial charge in [-0.15, -0.1) is 0 Å². The molecule has 0 radical (unpaired) electrons. The Morgan fingerprint density at radius 2 is 1.21 bits per heavy atom. The van der Waals surface area contributed by atoms with E-state index in [0.717, 1.165) is 11.1 Å².